The first-order valence-electron chi connectivity index (χ1n) is 5.30. The van der Waals surface area contributed by atoms with Gasteiger partial charge in [-0.25, -0.2) is 0 Å². The molecule has 0 bridgehead atoms. The molecule has 0 spiro atoms. The van der Waals surface area contributed by atoms with Crippen LogP contribution in [0.3, 0.4) is 0 Å². The van der Waals surface area contributed by atoms with E-state index in [1.807, 2.05) is 6.08 Å². The average molecular weight is 201 g/mol. The molecule has 0 saturated heterocycles. The second kappa shape index (κ2) is 10.7. The normalized spacial score (nSPS) is 12.7. The lowest BCUT2D eigenvalue weighted by Gasteiger charge is -2.10. The summed E-state index contributed by atoms with van der Waals surface area (Å²) in [6, 6.07) is 0. The van der Waals surface area contributed by atoms with E-state index in [4.69, 9.17) is 4.74 Å². The predicted molar refractivity (Wildman–Crippen MR) is 59.4 cm³/mol. The predicted octanol–water partition coefficient (Wildman–Crippen LogP) is 1.33. The van der Waals surface area contributed by atoms with E-state index in [-0.39, 0.29) is 6.10 Å². The van der Waals surface area contributed by atoms with Gasteiger partial charge in [-0.3, -0.25) is 0 Å². The number of methoxy groups -OCH3 is 1. The molecule has 84 valence electrons. The van der Waals surface area contributed by atoms with Gasteiger partial charge in [0.15, 0.2) is 0 Å². The summed E-state index contributed by atoms with van der Waals surface area (Å²) in [6.45, 7) is 5.67. The first-order chi connectivity index (χ1) is 6.81. The molecule has 0 aromatic heterocycles. The van der Waals surface area contributed by atoms with E-state index >= 15 is 0 Å². The van der Waals surface area contributed by atoms with Crippen molar-refractivity contribution in [2.24, 2.45) is 0 Å². The maximum Gasteiger partial charge on any atom is 0.0897 e. The molecule has 0 aliphatic carbocycles. The molecule has 0 amide bonds. The molecule has 0 saturated carbocycles. The number of rotatable bonds is 10. The molecule has 1 atom stereocenters. The van der Waals surface area contributed by atoms with Crippen molar-refractivity contribution in [1.29, 1.82) is 0 Å². The van der Waals surface area contributed by atoms with E-state index in [9.17, 15) is 5.11 Å². The Bertz CT molecular complexity index is 128. The molecule has 0 aromatic rings. The summed E-state index contributed by atoms with van der Waals surface area (Å²) in [4.78, 5) is 0. The van der Waals surface area contributed by atoms with Gasteiger partial charge in [0.1, 0.15) is 0 Å². The van der Waals surface area contributed by atoms with Crippen LogP contribution in [0.2, 0.25) is 0 Å². The zero-order chi connectivity index (χ0) is 10.6. The highest BCUT2D eigenvalue weighted by molar-refractivity contribution is 4.65. The summed E-state index contributed by atoms with van der Waals surface area (Å²) in [5, 5.41) is 12.5. The molecule has 1 unspecified atom stereocenters. The molecule has 14 heavy (non-hydrogen) atoms. The highest BCUT2D eigenvalue weighted by Crippen LogP contribution is 1.98. The fourth-order valence-electron chi connectivity index (χ4n) is 1.24. The molecule has 3 heteroatoms. The molecular weight excluding hydrogens is 178 g/mol. The summed E-state index contributed by atoms with van der Waals surface area (Å²) in [6.07, 6.45) is 6.27. The van der Waals surface area contributed by atoms with Crippen molar-refractivity contribution in [3.8, 4) is 0 Å². The van der Waals surface area contributed by atoms with Crippen molar-refractivity contribution >= 4 is 0 Å². The minimum atomic E-state index is -0.381. The summed E-state index contributed by atoms with van der Waals surface area (Å²) in [5.74, 6) is 0. The van der Waals surface area contributed by atoms with Crippen LogP contribution in [-0.2, 0) is 4.74 Å². The molecule has 0 radical (unpaired) electrons. The zero-order valence-electron chi connectivity index (χ0n) is 9.17. The van der Waals surface area contributed by atoms with Gasteiger partial charge in [0, 0.05) is 13.7 Å². The Kier molecular flexibility index (Phi) is 10.4. The summed E-state index contributed by atoms with van der Waals surface area (Å²) >= 11 is 0. The van der Waals surface area contributed by atoms with Crippen LogP contribution in [0.1, 0.15) is 25.7 Å². The fourth-order valence-corrected chi connectivity index (χ4v) is 1.24. The lowest BCUT2D eigenvalue weighted by Crippen LogP contribution is -2.30. The van der Waals surface area contributed by atoms with E-state index in [1.54, 1.807) is 7.11 Å². The smallest absolute Gasteiger partial charge is 0.0897 e. The third-order valence-corrected chi connectivity index (χ3v) is 2.00. The molecule has 0 rings (SSSR count). The number of unbranched alkanes of at least 4 members (excludes halogenated alkanes) is 3. The minimum Gasteiger partial charge on any atom is -0.389 e. The molecule has 0 aliphatic heterocycles. The van der Waals surface area contributed by atoms with Gasteiger partial charge in [0.05, 0.1) is 12.7 Å². The lowest BCUT2D eigenvalue weighted by atomic mass is 10.2. The van der Waals surface area contributed by atoms with Gasteiger partial charge in [0.2, 0.25) is 0 Å². The second-order valence-corrected chi connectivity index (χ2v) is 3.45. The highest BCUT2D eigenvalue weighted by atomic mass is 16.5. The van der Waals surface area contributed by atoms with E-state index in [0.717, 1.165) is 19.4 Å². The zero-order valence-corrected chi connectivity index (χ0v) is 9.17. The van der Waals surface area contributed by atoms with E-state index < -0.39 is 0 Å². The Morgan fingerprint density at radius 3 is 2.86 bits per heavy atom. The van der Waals surface area contributed by atoms with Crippen molar-refractivity contribution < 1.29 is 9.84 Å². The van der Waals surface area contributed by atoms with Crippen molar-refractivity contribution in [3.63, 3.8) is 0 Å². The van der Waals surface area contributed by atoms with Crippen LogP contribution >= 0.6 is 0 Å². The molecule has 3 nitrogen and oxygen atoms in total. The van der Waals surface area contributed by atoms with Gasteiger partial charge in [-0.1, -0.05) is 12.5 Å². The van der Waals surface area contributed by atoms with Crippen molar-refractivity contribution in [2.45, 2.75) is 31.8 Å². The Morgan fingerprint density at radius 1 is 1.43 bits per heavy atom. The minimum absolute atomic E-state index is 0.381. The molecule has 0 heterocycles. The molecule has 2 N–H and O–H groups in total. The van der Waals surface area contributed by atoms with Crippen molar-refractivity contribution in [1.82, 2.24) is 5.32 Å². The van der Waals surface area contributed by atoms with E-state index in [0.29, 0.717) is 13.2 Å². The van der Waals surface area contributed by atoms with Gasteiger partial charge in [0.25, 0.3) is 0 Å². The van der Waals surface area contributed by atoms with Gasteiger partial charge in [-0.05, 0) is 25.8 Å². The van der Waals surface area contributed by atoms with Gasteiger partial charge in [-0.15, -0.1) is 6.58 Å². The molecule has 0 aliphatic rings. The van der Waals surface area contributed by atoms with Crippen molar-refractivity contribution in [2.75, 3.05) is 26.8 Å². The van der Waals surface area contributed by atoms with Gasteiger partial charge in [-0.2, -0.15) is 0 Å². The van der Waals surface area contributed by atoms with Gasteiger partial charge >= 0.3 is 0 Å². The highest BCUT2D eigenvalue weighted by Gasteiger charge is 2.00. The SMILES string of the molecule is C=CCCCCCNCC(O)COC. The topological polar surface area (TPSA) is 41.5 Å². The quantitative estimate of drug-likeness (QED) is 0.414. The number of ether oxygens (including phenoxy) is 1. The monoisotopic (exact) mass is 201 g/mol. The Morgan fingerprint density at radius 2 is 2.21 bits per heavy atom. The van der Waals surface area contributed by atoms with Crippen LogP contribution in [0.25, 0.3) is 0 Å². The largest absolute Gasteiger partial charge is 0.389 e. The van der Waals surface area contributed by atoms with Crippen LogP contribution < -0.4 is 5.32 Å². The Balaban J connectivity index is 3.01. The average Bonchev–Trinajstić information content (AvgIpc) is 2.17. The number of nitrogens with one attached hydrogen (secondary N) is 1. The maximum atomic E-state index is 9.29. The first kappa shape index (κ1) is 13.6. The third kappa shape index (κ3) is 9.71. The number of aliphatic hydroxyl groups is 1. The number of hydrogen-bond acceptors (Lipinski definition) is 3. The Labute approximate surface area is 87.2 Å². The van der Waals surface area contributed by atoms with Crippen LogP contribution in [-0.4, -0.2) is 38.0 Å². The molecule has 0 aromatic carbocycles. The number of hydrogen-bond donors (Lipinski definition) is 2. The lowest BCUT2D eigenvalue weighted by molar-refractivity contribution is 0.0646. The van der Waals surface area contributed by atoms with Gasteiger partial charge < -0.3 is 15.2 Å². The maximum absolute atomic E-state index is 9.29. The van der Waals surface area contributed by atoms with Crippen LogP contribution in [0.4, 0.5) is 0 Å². The van der Waals surface area contributed by atoms with Crippen molar-refractivity contribution in [3.05, 3.63) is 12.7 Å². The number of aliphatic hydroxyl groups excluding tert-OH is 1. The summed E-state index contributed by atoms with van der Waals surface area (Å²) < 4.78 is 4.81. The van der Waals surface area contributed by atoms with Crippen LogP contribution in [0.15, 0.2) is 12.7 Å². The second-order valence-electron chi connectivity index (χ2n) is 3.45. The molecule has 0 fully saturated rings. The van der Waals surface area contributed by atoms with E-state index in [2.05, 4.69) is 11.9 Å². The summed E-state index contributed by atoms with van der Waals surface area (Å²) in [7, 11) is 1.60. The first-order valence-corrected chi connectivity index (χ1v) is 5.30. The van der Waals surface area contributed by atoms with Crippen LogP contribution in [0, 0.1) is 0 Å². The Hall–Kier alpha value is -0.380. The number of allylic oxidation sites excluding steroid dienone is 1. The third-order valence-electron chi connectivity index (χ3n) is 2.00. The van der Waals surface area contributed by atoms with E-state index in [1.165, 1.54) is 12.8 Å². The fraction of sp³-hybridized carbons (Fsp3) is 0.818. The molecular formula is C11H23NO2. The van der Waals surface area contributed by atoms with Crippen LogP contribution in [0.5, 0.6) is 0 Å². The summed E-state index contributed by atoms with van der Waals surface area (Å²) in [5.41, 5.74) is 0. The standard InChI is InChI=1S/C11H23NO2/c1-3-4-5-6-7-8-12-9-11(13)10-14-2/h3,11-13H,1,4-10H2,2H3.